The molecule has 0 fully saturated rings. The minimum Gasteiger partial charge on any atom is -0.409 e. The first-order chi connectivity index (χ1) is 7.47. The summed E-state index contributed by atoms with van der Waals surface area (Å²) in [5, 5.41) is 14.5. The number of rotatable bonds is 6. The number of nitrogens with zero attached hydrogens (tertiary/aromatic N) is 1. The van der Waals surface area contributed by atoms with E-state index < -0.39 is 5.92 Å². The standard InChI is InChI=1S/C11H23N3O2/c1-5-8(6-2)13-11(15)9(7(3)4)10(12)14-16/h7-9,16H,5-6H2,1-4H3,(H2,12,14)(H,13,15). The molecule has 0 saturated carbocycles. The Balaban J connectivity index is 4.63. The smallest absolute Gasteiger partial charge is 0.231 e. The summed E-state index contributed by atoms with van der Waals surface area (Å²) < 4.78 is 0. The molecule has 16 heavy (non-hydrogen) atoms. The van der Waals surface area contributed by atoms with Gasteiger partial charge in [0.05, 0.1) is 0 Å². The van der Waals surface area contributed by atoms with Crippen molar-refractivity contribution in [2.75, 3.05) is 0 Å². The first-order valence-corrected chi connectivity index (χ1v) is 5.75. The first kappa shape index (κ1) is 14.7. The van der Waals surface area contributed by atoms with Gasteiger partial charge in [-0.15, -0.1) is 0 Å². The molecule has 0 spiro atoms. The van der Waals surface area contributed by atoms with Crippen LogP contribution in [0.4, 0.5) is 0 Å². The van der Waals surface area contributed by atoms with E-state index in [-0.39, 0.29) is 23.7 Å². The van der Waals surface area contributed by atoms with Gasteiger partial charge in [0.2, 0.25) is 5.91 Å². The Kier molecular flexibility index (Phi) is 6.53. The van der Waals surface area contributed by atoms with Crippen LogP contribution in [0.1, 0.15) is 40.5 Å². The Hall–Kier alpha value is -1.26. The van der Waals surface area contributed by atoms with Crippen LogP contribution in [0.3, 0.4) is 0 Å². The van der Waals surface area contributed by atoms with Crippen molar-refractivity contribution in [3.63, 3.8) is 0 Å². The van der Waals surface area contributed by atoms with Crippen LogP contribution < -0.4 is 11.1 Å². The first-order valence-electron chi connectivity index (χ1n) is 5.75. The molecule has 0 aromatic heterocycles. The van der Waals surface area contributed by atoms with Crippen molar-refractivity contribution < 1.29 is 10.0 Å². The molecule has 5 heteroatoms. The Morgan fingerprint density at radius 2 is 1.88 bits per heavy atom. The van der Waals surface area contributed by atoms with Gasteiger partial charge in [-0.05, 0) is 18.8 Å². The van der Waals surface area contributed by atoms with Gasteiger partial charge in [-0.2, -0.15) is 0 Å². The molecule has 0 aliphatic carbocycles. The summed E-state index contributed by atoms with van der Waals surface area (Å²) in [6.45, 7) is 7.77. The maximum absolute atomic E-state index is 11.9. The van der Waals surface area contributed by atoms with Gasteiger partial charge in [0.1, 0.15) is 5.92 Å². The molecule has 1 amide bonds. The number of hydrogen-bond donors (Lipinski definition) is 3. The van der Waals surface area contributed by atoms with Crippen LogP contribution in [0, 0.1) is 11.8 Å². The monoisotopic (exact) mass is 229 g/mol. The summed E-state index contributed by atoms with van der Waals surface area (Å²) >= 11 is 0. The average Bonchev–Trinajstić information content (AvgIpc) is 2.25. The lowest BCUT2D eigenvalue weighted by molar-refractivity contribution is -0.124. The molecule has 5 nitrogen and oxygen atoms in total. The maximum atomic E-state index is 11.9. The summed E-state index contributed by atoms with van der Waals surface area (Å²) in [5.74, 6) is -0.756. The summed E-state index contributed by atoms with van der Waals surface area (Å²) in [5.41, 5.74) is 5.52. The van der Waals surface area contributed by atoms with Crippen LogP contribution in [-0.2, 0) is 4.79 Å². The van der Waals surface area contributed by atoms with Crippen molar-refractivity contribution in [3.8, 4) is 0 Å². The van der Waals surface area contributed by atoms with Crippen LogP contribution in [-0.4, -0.2) is 23.0 Å². The molecule has 0 bridgehead atoms. The van der Waals surface area contributed by atoms with E-state index in [9.17, 15) is 4.79 Å². The van der Waals surface area contributed by atoms with Crippen molar-refractivity contribution >= 4 is 11.7 Å². The van der Waals surface area contributed by atoms with Gasteiger partial charge in [0.25, 0.3) is 0 Å². The molecule has 0 radical (unpaired) electrons. The predicted octanol–water partition coefficient (Wildman–Crippen LogP) is 1.31. The molecular weight excluding hydrogens is 206 g/mol. The molecule has 1 atom stereocenters. The molecular formula is C11H23N3O2. The molecule has 0 aromatic carbocycles. The van der Waals surface area contributed by atoms with Crippen molar-refractivity contribution in [2.45, 2.75) is 46.6 Å². The number of amides is 1. The fraction of sp³-hybridized carbons (Fsp3) is 0.818. The quantitative estimate of drug-likeness (QED) is 0.278. The summed E-state index contributed by atoms with van der Waals surface area (Å²) in [4.78, 5) is 11.9. The highest BCUT2D eigenvalue weighted by atomic mass is 16.4. The Labute approximate surface area is 97.1 Å². The van der Waals surface area contributed by atoms with Gasteiger partial charge in [-0.25, -0.2) is 0 Å². The highest BCUT2D eigenvalue weighted by Gasteiger charge is 2.27. The Morgan fingerprint density at radius 3 is 2.19 bits per heavy atom. The molecule has 1 unspecified atom stereocenters. The average molecular weight is 229 g/mol. The molecule has 94 valence electrons. The number of oxime groups is 1. The largest absolute Gasteiger partial charge is 0.409 e. The highest BCUT2D eigenvalue weighted by molar-refractivity contribution is 6.02. The molecule has 4 N–H and O–H groups in total. The lowest BCUT2D eigenvalue weighted by Crippen LogP contribution is -2.45. The zero-order valence-electron chi connectivity index (χ0n) is 10.5. The van der Waals surface area contributed by atoms with Gasteiger partial charge in [-0.3, -0.25) is 4.79 Å². The second-order valence-electron chi connectivity index (χ2n) is 4.27. The third-order valence-electron chi connectivity index (χ3n) is 2.72. The van der Waals surface area contributed by atoms with E-state index in [4.69, 9.17) is 10.9 Å². The van der Waals surface area contributed by atoms with Gasteiger partial charge >= 0.3 is 0 Å². The summed E-state index contributed by atoms with van der Waals surface area (Å²) in [6.07, 6.45) is 1.76. The molecule has 0 rings (SSSR count). The number of carbonyl (C=O) groups is 1. The molecule has 0 aliphatic rings. The van der Waals surface area contributed by atoms with Crippen LogP contribution >= 0.6 is 0 Å². The zero-order valence-corrected chi connectivity index (χ0v) is 10.5. The minimum atomic E-state index is -0.564. The second-order valence-corrected chi connectivity index (χ2v) is 4.27. The summed E-state index contributed by atoms with van der Waals surface area (Å²) in [6, 6.07) is 0.153. The third kappa shape index (κ3) is 4.08. The molecule has 0 saturated heterocycles. The highest BCUT2D eigenvalue weighted by Crippen LogP contribution is 2.12. The molecule has 0 heterocycles. The van der Waals surface area contributed by atoms with Gasteiger partial charge in [0.15, 0.2) is 5.84 Å². The topological polar surface area (TPSA) is 87.7 Å². The maximum Gasteiger partial charge on any atom is 0.231 e. The van der Waals surface area contributed by atoms with Crippen LogP contribution in [0.25, 0.3) is 0 Å². The third-order valence-corrected chi connectivity index (χ3v) is 2.72. The number of hydrogen-bond acceptors (Lipinski definition) is 3. The Morgan fingerprint density at radius 1 is 1.38 bits per heavy atom. The molecule has 0 aliphatic heterocycles. The zero-order chi connectivity index (χ0) is 12.7. The number of nitrogens with one attached hydrogen (secondary N) is 1. The number of nitrogens with two attached hydrogens (primary N) is 1. The van der Waals surface area contributed by atoms with Crippen molar-refractivity contribution in [1.29, 1.82) is 0 Å². The Bertz CT molecular complexity index is 248. The van der Waals surface area contributed by atoms with E-state index in [1.54, 1.807) is 0 Å². The van der Waals surface area contributed by atoms with Crippen LogP contribution in [0.5, 0.6) is 0 Å². The van der Waals surface area contributed by atoms with E-state index in [1.165, 1.54) is 0 Å². The van der Waals surface area contributed by atoms with E-state index in [1.807, 2.05) is 27.7 Å². The van der Waals surface area contributed by atoms with E-state index in [0.29, 0.717) is 0 Å². The lowest BCUT2D eigenvalue weighted by Gasteiger charge is -2.22. The number of carbonyl (C=O) groups excluding carboxylic acids is 1. The summed E-state index contributed by atoms with van der Waals surface area (Å²) in [7, 11) is 0. The SMILES string of the molecule is CCC(CC)NC(=O)C(C(N)=NO)C(C)C. The second kappa shape index (κ2) is 7.09. The van der Waals surface area contributed by atoms with Crippen molar-refractivity contribution in [1.82, 2.24) is 5.32 Å². The van der Waals surface area contributed by atoms with Crippen molar-refractivity contribution in [3.05, 3.63) is 0 Å². The number of amidine groups is 1. The minimum absolute atomic E-state index is 0.00487. The van der Waals surface area contributed by atoms with Crippen molar-refractivity contribution in [2.24, 2.45) is 22.7 Å². The van der Waals surface area contributed by atoms with E-state index in [2.05, 4.69) is 10.5 Å². The van der Waals surface area contributed by atoms with Crippen LogP contribution in [0.15, 0.2) is 5.16 Å². The van der Waals surface area contributed by atoms with Crippen LogP contribution in [0.2, 0.25) is 0 Å². The lowest BCUT2D eigenvalue weighted by atomic mass is 9.93. The van der Waals surface area contributed by atoms with Gasteiger partial charge < -0.3 is 16.3 Å². The van der Waals surface area contributed by atoms with E-state index >= 15 is 0 Å². The molecule has 0 aromatic rings. The fourth-order valence-corrected chi connectivity index (χ4v) is 1.62. The normalized spacial score (nSPS) is 14.2. The fourth-order valence-electron chi connectivity index (χ4n) is 1.62. The van der Waals surface area contributed by atoms with E-state index in [0.717, 1.165) is 12.8 Å². The van der Waals surface area contributed by atoms with Gasteiger partial charge in [0, 0.05) is 6.04 Å². The van der Waals surface area contributed by atoms with Gasteiger partial charge in [-0.1, -0.05) is 32.9 Å². The predicted molar refractivity (Wildman–Crippen MR) is 64.2 cm³/mol.